The number of nitrogens with one attached hydrogen (secondary N) is 2. The van der Waals surface area contributed by atoms with Crippen LogP contribution in [0.4, 0.5) is 0 Å². The summed E-state index contributed by atoms with van der Waals surface area (Å²) >= 11 is 0. The maximum absolute atomic E-state index is 11.7. The highest BCUT2D eigenvalue weighted by Gasteiger charge is 2.24. The van der Waals surface area contributed by atoms with Crippen LogP contribution >= 0.6 is 0 Å². The highest BCUT2D eigenvalue weighted by atomic mass is 16.5. The van der Waals surface area contributed by atoms with Crippen molar-refractivity contribution < 1.29 is 9.32 Å². The SMILES string of the molecule is CC(C)CNC(=O)c1noc(C2CCCN2)n1. The maximum atomic E-state index is 11.7. The first-order valence-electron chi connectivity index (χ1n) is 6.02. The molecule has 6 heteroatoms. The van der Waals surface area contributed by atoms with Gasteiger partial charge in [-0.15, -0.1) is 0 Å². The van der Waals surface area contributed by atoms with Gasteiger partial charge in [-0.3, -0.25) is 4.79 Å². The number of hydrogen-bond donors (Lipinski definition) is 2. The normalized spacial score (nSPS) is 19.8. The largest absolute Gasteiger partial charge is 0.349 e. The Morgan fingerprint density at radius 3 is 3.12 bits per heavy atom. The fourth-order valence-corrected chi connectivity index (χ4v) is 1.74. The third kappa shape index (κ3) is 3.03. The van der Waals surface area contributed by atoms with Crippen LogP contribution < -0.4 is 10.6 Å². The molecule has 1 fully saturated rings. The van der Waals surface area contributed by atoms with Crippen LogP contribution in [0.25, 0.3) is 0 Å². The van der Waals surface area contributed by atoms with E-state index in [1.165, 1.54) is 0 Å². The number of hydrogen-bond acceptors (Lipinski definition) is 5. The Hall–Kier alpha value is -1.43. The van der Waals surface area contributed by atoms with Crippen molar-refractivity contribution in [3.63, 3.8) is 0 Å². The van der Waals surface area contributed by atoms with E-state index in [1.807, 2.05) is 13.8 Å². The van der Waals surface area contributed by atoms with Gasteiger partial charge in [-0.05, 0) is 25.3 Å². The average Bonchev–Trinajstić information content (AvgIpc) is 2.94. The van der Waals surface area contributed by atoms with E-state index in [0.29, 0.717) is 18.4 Å². The summed E-state index contributed by atoms with van der Waals surface area (Å²) in [6.07, 6.45) is 2.08. The number of aromatic nitrogens is 2. The Bertz CT molecular complexity index is 383. The van der Waals surface area contributed by atoms with Crippen molar-refractivity contribution in [1.29, 1.82) is 0 Å². The zero-order valence-corrected chi connectivity index (χ0v) is 10.2. The van der Waals surface area contributed by atoms with E-state index in [0.717, 1.165) is 19.4 Å². The van der Waals surface area contributed by atoms with E-state index >= 15 is 0 Å². The molecule has 0 spiro atoms. The zero-order chi connectivity index (χ0) is 12.3. The Labute approximate surface area is 100 Å². The van der Waals surface area contributed by atoms with Crippen LogP contribution in [0.3, 0.4) is 0 Å². The minimum absolute atomic E-state index is 0.106. The topological polar surface area (TPSA) is 80.0 Å². The number of carbonyl (C=O) groups is 1. The smallest absolute Gasteiger partial charge is 0.292 e. The van der Waals surface area contributed by atoms with E-state index in [4.69, 9.17) is 4.52 Å². The van der Waals surface area contributed by atoms with Crippen molar-refractivity contribution in [1.82, 2.24) is 20.8 Å². The summed E-state index contributed by atoms with van der Waals surface area (Å²) < 4.78 is 5.09. The molecule has 0 aliphatic carbocycles. The molecule has 0 bridgehead atoms. The van der Waals surface area contributed by atoms with Gasteiger partial charge in [-0.1, -0.05) is 19.0 Å². The van der Waals surface area contributed by atoms with Crippen LogP contribution in [0.2, 0.25) is 0 Å². The molecule has 94 valence electrons. The van der Waals surface area contributed by atoms with Gasteiger partial charge < -0.3 is 15.2 Å². The van der Waals surface area contributed by atoms with Crippen molar-refractivity contribution in [2.24, 2.45) is 5.92 Å². The third-order valence-electron chi connectivity index (χ3n) is 2.67. The van der Waals surface area contributed by atoms with Crippen LogP contribution in [-0.2, 0) is 0 Å². The number of nitrogens with zero attached hydrogens (tertiary/aromatic N) is 2. The fourth-order valence-electron chi connectivity index (χ4n) is 1.74. The fraction of sp³-hybridized carbons (Fsp3) is 0.727. The van der Waals surface area contributed by atoms with Gasteiger partial charge in [0.2, 0.25) is 5.89 Å². The Morgan fingerprint density at radius 1 is 1.65 bits per heavy atom. The molecule has 1 aromatic heterocycles. The molecule has 2 rings (SSSR count). The summed E-state index contributed by atoms with van der Waals surface area (Å²) in [6.45, 7) is 5.64. The Morgan fingerprint density at radius 2 is 2.47 bits per heavy atom. The van der Waals surface area contributed by atoms with Crippen molar-refractivity contribution in [3.8, 4) is 0 Å². The van der Waals surface area contributed by atoms with Crippen molar-refractivity contribution in [3.05, 3.63) is 11.7 Å². The molecule has 2 N–H and O–H groups in total. The third-order valence-corrected chi connectivity index (χ3v) is 2.67. The Kier molecular flexibility index (Phi) is 3.73. The number of rotatable bonds is 4. The molecular formula is C11H18N4O2. The van der Waals surface area contributed by atoms with E-state index < -0.39 is 0 Å². The van der Waals surface area contributed by atoms with E-state index in [1.54, 1.807) is 0 Å². The molecule has 1 aliphatic rings. The van der Waals surface area contributed by atoms with Crippen molar-refractivity contribution in [2.45, 2.75) is 32.7 Å². The van der Waals surface area contributed by atoms with Gasteiger partial charge in [0.25, 0.3) is 11.7 Å². The minimum atomic E-state index is -0.272. The molecular weight excluding hydrogens is 220 g/mol. The molecule has 1 unspecified atom stereocenters. The predicted octanol–water partition coefficient (Wildman–Crippen LogP) is 0.880. The van der Waals surface area contributed by atoms with Crippen molar-refractivity contribution in [2.75, 3.05) is 13.1 Å². The lowest BCUT2D eigenvalue weighted by Crippen LogP contribution is -2.28. The second-order valence-electron chi connectivity index (χ2n) is 4.71. The van der Waals surface area contributed by atoms with Gasteiger partial charge in [0.1, 0.15) is 0 Å². The standard InChI is InChI=1S/C11H18N4O2/c1-7(2)6-13-10(16)9-14-11(17-15-9)8-4-3-5-12-8/h7-8,12H,3-6H2,1-2H3,(H,13,16). The summed E-state index contributed by atoms with van der Waals surface area (Å²) in [6, 6.07) is 0.106. The van der Waals surface area contributed by atoms with Crippen LogP contribution in [0.5, 0.6) is 0 Å². The molecule has 1 saturated heterocycles. The van der Waals surface area contributed by atoms with Crippen molar-refractivity contribution >= 4 is 5.91 Å². The predicted molar refractivity (Wildman–Crippen MR) is 61.4 cm³/mol. The zero-order valence-electron chi connectivity index (χ0n) is 10.2. The van der Waals surface area contributed by atoms with E-state index in [-0.39, 0.29) is 17.8 Å². The summed E-state index contributed by atoms with van der Waals surface area (Å²) in [5.74, 6) is 0.764. The molecule has 1 aliphatic heterocycles. The lowest BCUT2D eigenvalue weighted by molar-refractivity contribution is 0.0935. The summed E-state index contributed by atoms with van der Waals surface area (Å²) in [5, 5.41) is 9.71. The van der Waals surface area contributed by atoms with Crippen LogP contribution in [0.1, 0.15) is 49.2 Å². The molecule has 0 radical (unpaired) electrons. The first-order valence-corrected chi connectivity index (χ1v) is 6.02. The monoisotopic (exact) mass is 238 g/mol. The van der Waals surface area contributed by atoms with E-state index in [2.05, 4.69) is 20.8 Å². The van der Waals surface area contributed by atoms with Crippen LogP contribution in [-0.4, -0.2) is 29.1 Å². The maximum Gasteiger partial charge on any atom is 0.292 e. The Balaban J connectivity index is 1.95. The first kappa shape index (κ1) is 12.0. The average molecular weight is 238 g/mol. The second kappa shape index (κ2) is 5.27. The number of amides is 1. The highest BCUT2D eigenvalue weighted by molar-refractivity contribution is 5.90. The quantitative estimate of drug-likeness (QED) is 0.814. The minimum Gasteiger partial charge on any atom is -0.349 e. The van der Waals surface area contributed by atoms with Gasteiger partial charge in [0.15, 0.2) is 0 Å². The molecule has 1 amide bonds. The molecule has 0 saturated carbocycles. The van der Waals surface area contributed by atoms with Crippen LogP contribution in [0, 0.1) is 5.92 Å². The second-order valence-corrected chi connectivity index (χ2v) is 4.71. The van der Waals surface area contributed by atoms with Gasteiger partial charge in [0.05, 0.1) is 6.04 Å². The molecule has 0 aromatic carbocycles. The molecule has 1 atom stereocenters. The lowest BCUT2D eigenvalue weighted by Gasteiger charge is -2.04. The summed E-state index contributed by atoms with van der Waals surface area (Å²) in [5.41, 5.74) is 0. The van der Waals surface area contributed by atoms with E-state index in [9.17, 15) is 4.79 Å². The summed E-state index contributed by atoms with van der Waals surface area (Å²) in [4.78, 5) is 15.8. The lowest BCUT2D eigenvalue weighted by atomic mass is 10.2. The molecule has 2 heterocycles. The molecule has 1 aromatic rings. The number of carbonyl (C=O) groups excluding carboxylic acids is 1. The van der Waals surface area contributed by atoms with Gasteiger partial charge in [-0.25, -0.2) is 0 Å². The van der Waals surface area contributed by atoms with Crippen LogP contribution in [0.15, 0.2) is 4.52 Å². The van der Waals surface area contributed by atoms with Gasteiger partial charge >= 0.3 is 0 Å². The van der Waals surface area contributed by atoms with Gasteiger partial charge in [0, 0.05) is 6.54 Å². The first-order chi connectivity index (χ1) is 8.16. The molecule has 17 heavy (non-hydrogen) atoms. The molecule has 6 nitrogen and oxygen atoms in total. The van der Waals surface area contributed by atoms with Gasteiger partial charge in [-0.2, -0.15) is 4.98 Å². The summed E-state index contributed by atoms with van der Waals surface area (Å²) in [7, 11) is 0. The highest BCUT2D eigenvalue weighted by Crippen LogP contribution is 2.20.